The van der Waals surface area contributed by atoms with Gasteiger partial charge >= 0.3 is 0 Å². The minimum Gasteiger partial charge on any atom is -0.312 e. The van der Waals surface area contributed by atoms with Crippen LogP contribution in [0.15, 0.2) is 30.3 Å². The van der Waals surface area contributed by atoms with Gasteiger partial charge in [-0.2, -0.15) is 0 Å². The summed E-state index contributed by atoms with van der Waals surface area (Å²) in [5.41, 5.74) is 1.77. The smallest absolute Gasteiger partial charge is 0.0235 e. The van der Waals surface area contributed by atoms with Crippen molar-refractivity contribution in [3.05, 3.63) is 35.9 Å². The first-order chi connectivity index (χ1) is 9.62. The SMILES string of the molecule is CCCC(C)(C)N1CCCNC(Cc2ccccc2)C1. The molecule has 1 saturated heterocycles. The van der Waals surface area contributed by atoms with Crippen molar-refractivity contribution in [2.24, 2.45) is 0 Å². The third-order valence-electron chi connectivity index (χ3n) is 4.52. The summed E-state index contributed by atoms with van der Waals surface area (Å²) in [5.74, 6) is 0. The van der Waals surface area contributed by atoms with Crippen molar-refractivity contribution in [3.8, 4) is 0 Å². The lowest BCUT2D eigenvalue weighted by Gasteiger charge is -2.39. The molecule has 0 saturated carbocycles. The zero-order valence-corrected chi connectivity index (χ0v) is 13.4. The molecule has 112 valence electrons. The summed E-state index contributed by atoms with van der Waals surface area (Å²) in [6.07, 6.45) is 4.95. The Kier molecular flexibility index (Phi) is 5.62. The van der Waals surface area contributed by atoms with Gasteiger partial charge < -0.3 is 5.32 Å². The second-order valence-electron chi connectivity index (χ2n) is 6.70. The second-order valence-corrected chi connectivity index (χ2v) is 6.70. The second kappa shape index (κ2) is 7.24. The lowest BCUT2D eigenvalue weighted by Crippen LogP contribution is -2.49. The number of nitrogens with zero attached hydrogens (tertiary/aromatic N) is 1. The zero-order valence-electron chi connectivity index (χ0n) is 13.4. The molecule has 2 heteroatoms. The Labute approximate surface area is 124 Å². The van der Waals surface area contributed by atoms with Gasteiger partial charge in [-0.1, -0.05) is 43.7 Å². The Morgan fingerprint density at radius 3 is 2.70 bits per heavy atom. The quantitative estimate of drug-likeness (QED) is 0.884. The van der Waals surface area contributed by atoms with Crippen LogP contribution in [0.5, 0.6) is 0 Å². The fourth-order valence-corrected chi connectivity index (χ4v) is 3.35. The summed E-state index contributed by atoms with van der Waals surface area (Å²) in [6, 6.07) is 11.5. The van der Waals surface area contributed by atoms with E-state index in [1.54, 1.807) is 0 Å². The first kappa shape index (κ1) is 15.5. The molecule has 0 aromatic heterocycles. The number of rotatable bonds is 5. The van der Waals surface area contributed by atoms with E-state index in [9.17, 15) is 0 Å². The number of benzene rings is 1. The van der Waals surface area contributed by atoms with Crippen LogP contribution in [-0.2, 0) is 6.42 Å². The summed E-state index contributed by atoms with van der Waals surface area (Å²) >= 11 is 0. The van der Waals surface area contributed by atoms with E-state index in [0.717, 1.165) is 13.0 Å². The van der Waals surface area contributed by atoms with Gasteiger partial charge in [0.1, 0.15) is 0 Å². The van der Waals surface area contributed by atoms with Gasteiger partial charge in [0.15, 0.2) is 0 Å². The molecule has 20 heavy (non-hydrogen) atoms. The van der Waals surface area contributed by atoms with Crippen LogP contribution in [-0.4, -0.2) is 36.1 Å². The molecule has 2 nitrogen and oxygen atoms in total. The summed E-state index contributed by atoms with van der Waals surface area (Å²) in [6.45, 7) is 10.6. The Hall–Kier alpha value is -0.860. The average molecular weight is 274 g/mol. The molecule has 2 rings (SSSR count). The van der Waals surface area contributed by atoms with Gasteiger partial charge in [-0.25, -0.2) is 0 Å². The Morgan fingerprint density at radius 1 is 1.25 bits per heavy atom. The van der Waals surface area contributed by atoms with Crippen molar-refractivity contribution in [2.45, 2.75) is 58.0 Å². The molecule has 1 N–H and O–H groups in total. The Bertz CT molecular complexity index is 386. The summed E-state index contributed by atoms with van der Waals surface area (Å²) < 4.78 is 0. The standard InChI is InChI=1S/C18H30N2/c1-4-11-18(2,3)20-13-8-12-19-17(15-20)14-16-9-6-5-7-10-16/h5-7,9-10,17,19H,4,8,11-15H2,1-3H3. The van der Waals surface area contributed by atoms with Crippen LogP contribution < -0.4 is 5.32 Å². The summed E-state index contributed by atoms with van der Waals surface area (Å²) in [7, 11) is 0. The predicted octanol–water partition coefficient (Wildman–Crippen LogP) is 3.47. The fourth-order valence-electron chi connectivity index (χ4n) is 3.35. The Morgan fingerprint density at radius 2 is 2.00 bits per heavy atom. The summed E-state index contributed by atoms with van der Waals surface area (Å²) in [5, 5.41) is 3.73. The molecule has 0 bridgehead atoms. The minimum atomic E-state index is 0.329. The van der Waals surface area contributed by atoms with Gasteiger partial charge in [0.25, 0.3) is 0 Å². The Balaban J connectivity index is 2.00. The highest BCUT2D eigenvalue weighted by atomic mass is 15.2. The van der Waals surface area contributed by atoms with Crippen molar-refractivity contribution in [3.63, 3.8) is 0 Å². The van der Waals surface area contributed by atoms with Crippen molar-refractivity contribution in [2.75, 3.05) is 19.6 Å². The van der Waals surface area contributed by atoms with E-state index in [1.165, 1.54) is 37.9 Å². The number of nitrogens with one attached hydrogen (secondary N) is 1. The molecule has 0 radical (unpaired) electrons. The van der Waals surface area contributed by atoms with Crippen LogP contribution in [0.25, 0.3) is 0 Å². The molecule has 1 unspecified atom stereocenters. The van der Waals surface area contributed by atoms with Crippen molar-refractivity contribution in [1.29, 1.82) is 0 Å². The van der Waals surface area contributed by atoms with Crippen LogP contribution in [0.1, 0.15) is 45.6 Å². The molecular weight excluding hydrogens is 244 g/mol. The molecule has 0 amide bonds. The highest BCUT2D eigenvalue weighted by Crippen LogP contribution is 2.23. The van der Waals surface area contributed by atoms with Gasteiger partial charge in [0, 0.05) is 18.1 Å². The monoisotopic (exact) mass is 274 g/mol. The topological polar surface area (TPSA) is 15.3 Å². The predicted molar refractivity (Wildman–Crippen MR) is 87.1 cm³/mol. The molecule has 1 aliphatic rings. The summed E-state index contributed by atoms with van der Waals surface area (Å²) in [4.78, 5) is 2.70. The molecule has 1 fully saturated rings. The first-order valence-corrected chi connectivity index (χ1v) is 8.14. The van der Waals surface area contributed by atoms with Crippen LogP contribution in [0.4, 0.5) is 0 Å². The van der Waals surface area contributed by atoms with Gasteiger partial charge in [0.2, 0.25) is 0 Å². The highest BCUT2D eigenvalue weighted by Gasteiger charge is 2.29. The van der Waals surface area contributed by atoms with Gasteiger partial charge in [-0.3, -0.25) is 4.90 Å². The van der Waals surface area contributed by atoms with E-state index in [-0.39, 0.29) is 0 Å². The van der Waals surface area contributed by atoms with Crippen molar-refractivity contribution in [1.82, 2.24) is 10.2 Å². The normalized spacial score (nSPS) is 21.6. The largest absolute Gasteiger partial charge is 0.312 e. The third-order valence-corrected chi connectivity index (χ3v) is 4.52. The first-order valence-electron chi connectivity index (χ1n) is 8.14. The van der Waals surface area contributed by atoms with Crippen LogP contribution in [0.2, 0.25) is 0 Å². The van der Waals surface area contributed by atoms with Crippen molar-refractivity contribution < 1.29 is 0 Å². The van der Waals surface area contributed by atoms with E-state index in [4.69, 9.17) is 0 Å². The molecule has 1 atom stereocenters. The molecule has 1 aliphatic heterocycles. The van der Waals surface area contributed by atoms with Gasteiger partial charge in [0.05, 0.1) is 0 Å². The number of hydrogen-bond acceptors (Lipinski definition) is 2. The van der Waals surface area contributed by atoms with E-state index < -0.39 is 0 Å². The number of hydrogen-bond donors (Lipinski definition) is 1. The lowest BCUT2D eigenvalue weighted by atomic mass is 9.95. The lowest BCUT2D eigenvalue weighted by molar-refractivity contribution is 0.108. The maximum Gasteiger partial charge on any atom is 0.0235 e. The van der Waals surface area contributed by atoms with E-state index in [0.29, 0.717) is 11.6 Å². The van der Waals surface area contributed by atoms with Crippen LogP contribution in [0, 0.1) is 0 Å². The molecule has 0 spiro atoms. The molecule has 1 aromatic carbocycles. The van der Waals surface area contributed by atoms with Crippen molar-refractivity contribution >= 4 is 0 Å². The van der Waals surface area contributed by atoms with E-state index in [2.05, 4.69) is 61.3 Å². The molecule has 1 heterocycles. The van der Waals surface area contributed by atoms with Gasteiger partial charge in [-0.05, 0) is 51.8 Å². The fraction of sp³-hybridized carbons (Fsp3) is 0.667. The maximum absolute atomic E-state index is 3.73. The molecule has 1 aromatic rings. The highest BCUT2D eigenvalue weighted by molar-refractivity contribution is 5.16. The molecular formula is C18H30N2. The van der Waals surface area contributed by atoms with E-state index in [1.807, 2.05) is 0 Å². The van der Waals surface area contributed by atoms with E-state index >= 15 is 0 Å². The zero-order chi connectivity index (χ0) is 14.4. The van der Waals surface area contributed by atoms with Crippen LogP contribution >= 0.6 is 0 Å². The molecule has 0 aliphatic carbocycles. The maximum atomic E-state index is 3.73. The minimum absolute atomic E-state index is 0.329. The average Bonchev–Trinajstić information content (AvgIpc) is 2.66. The van der Waals surface area contributed by atoms with Crippen LogP contribution in [0.3, 0.4) is 0 Å². The van der Waals surface area contributed by atoms with Gasteiger partial charge in [-0.15, -0.1) is 0 Å². The third kappa shape index (κ3) is 4.32.